The SMILES string of the molecule is O=C1CCN2C(=O)c3ccccc3[C@@]2(O)[C@H]2C[C@H]3CCC[C@H]3N12. The van der Waals surface area contributed by atoms with Gasteiger partial charge in [-0.3, -0.25) is 9.59 Å². The molecular formula is C18H20N2O3. The summed E-state index contributed by atoms with van der Waals surface area (Å²) in [5.41, 5.74) is -0.0968. The predicted molar refractivity (Wildman–Crippen MR) is 82.4 cm³/mol. The highest BCUT2D eigenvalue weighted by molar-refractivity contribution is 6.00. The minimum absolute atomic E-state index is 0.0949. The maximum atomic E-state index is 12.8. The lowest BCUT2D eigenvalue weighted by Crippen LogP contribution is -2.56. The van der Waals surface area contributed by atoms with Gasteiger partial charge < -0.3 is 14.9 Å². The fourth-order valence-electron chi connectivity index (χ4n) is 5.41. The van der Waals surface area contributed by atoms with E-state index in [1.165, 1.54) is 0 Å². The molecule has 3 fully saturated rings. The van der Waals surface area contributed by atoms with Gasteiger partial charge >= 0.3 is 0 Å². The third-order valence-corrected chi connectivity index (χ3v) is 6.35. The second kappa shape index (κ2) is 4.35. The molecule has 23 heavy (non-hydrogen) atoms. The first kappa shape index (κ1) is 13.5. The van der Waals surface area contributed by atoms with Crippen LogP contribution in [-0.4, -0.2) is 45.3 Å². The van der Waals surface area contributed by atoms with E-state index < -0.39 is 5.72 Å². The first-order chi connectivity index (χ1) is 11.1. The number of hydrogen-bond acceptors (Lipinski definition) is 3. The highest BCUT2D eigenvalue weighted by Crippen LogP contribution is 2.52. The van der Waals surface area contributed by atoms with Gasteiger partial charge in [-0.15, -0.1) is 0 Å². The normalized spacial score (nSPS) is 38.2. The van der Waals surface area contributed by atoms with Crippen molar-refractivity contribution < 1.29 is 14.7 Å². The van der Waals surface area contributed by atoms with E-state index in [-0.39, 0.29) is 23.9 Å². The van der Waals surface area contributed by atoms with E-state index in [0.29, 0.717) is 30.0 Å². The Morgan fingerprint density at radius 1 is 1.17 bits per heavy atom. The number of nitrogens with zero attached hydrogens (tertiary/aromatic N) is 2. The zero-order valence-corrected chi connectivity index (χ0v) is 12.9. The minimum atomic E-state index is -1.36. The molecule has 3 heterocycles. The van der Waals surface area contributed by atoms with Crippen LogP contribution in [0.4, 0.5) is 0 Å². The second-order valence-corrected chi connectivity index (χ2v) is 7.29. The fourth-order valence-corrected chi connectivity index (χ4v) is 5.41. The monoisotopic (exact) mass is 312 g/mol. The number of benzene rings is 1. The van der Waals surface area contributed by atoms with Gasteiger partial charge in [-0.05, 0) is 31.2 Å². The third-order valence-electron chi connectivity index (χ3n) is 6.35. The van der Waals surface area contributed by atoms with Gasteiger partial charge in [0, 0.05) is 30.1 Å². The molecule has 4 atom stereocenters. The Balaban J connectivity index is 1.69. The number of rotatable bonds is 0. The molecule has 0 bridgehead atoms. The first-order valence-corrected chi connectivity index (χ1v) is 8.57. The highest BCUT2D eigenvalue weighted by Gasteiger charge is 2.62. The van der Waals surface area contributed by atoms with Crippen molar-refractivity contribution in [2.45, 2.75) is 49.9 Å². The summed E-state index contributed by atoms with van der Waals surface area (Å²) in [6, 6.07) is 7.26. The molecule has 4 aliphatic rings. The van der Waals surface area contributed by atoms with Crippen LogP contribution >= 0.6 is 0 Å². The van der Waals surface area contributed by atoms with E-state index in [1.54, 1.807) is 11.0 Å². The molecule has 1 saturated carbocycles. The van der Waals surface area contributed by atoms with Crippen LogP contribution < -0.4 is 0 Å². The zero-order valence-electron chi connectivity index (χ0n) is 12.9. The summed E-state index contributed by atoms with van der Waals surface area (Å²) >= 11 is 0. The van der Waals surface area contributed by atoms with E-state index in [2.05, 4.69) is 0 Å². The van der Waals surface area contributed by atoms with Gasteiger partial charge in [0.05, 0.1) is 6.04 Å². The molecule has 0 radical (unpaired) electrons. The van der Waals surface area contributed by atoms with E-state index >= 15 is 0 Å². The zero-order chi connectivity index (χ0) is 15.8. The van der Waals surface area contributed by atoms with Crippen LogP contribution in [-0.2, 0) is 10.5 Å². The van der Waals surface area contributed by atoms with Crippen LogP contribution in [0.3, 0.4) is 0 Å². The Bertz CT molecular complexity index is 718. The van der Waals surface area contributed by atoms with Crippen molar-refractivity contribution >= 4 is 11.8 Å². The van der Waals surface area contributed by atoms with Crippen LogP contribution in [0.5, 0.6) is 0 Å². The van der Waals surface area contributed by atoms with Gasteiger partial charge in [0.2, 0.25) is 5.91 Å². The topological polar surface area (TPSA) is 60.9 Å². The van der Waals surface area contributed by atoms with Gasteiger partial charge in [0.15, 0.2) is 5.72 Å². The van der Waals surface area contributed by atoms with E-state index in [4.69, 9.17) is 0 Å². The van der Waals surface area contributed by atoms with Crippen LogP contribution in [0.25, 0.3) is 0 Å². The molecule has 1 N–H and O–H groups in total. The van der Waals surface area contributed by atoms with Crippen LogP contribution in [0.15, 0.2) is 24.3 Å². The second-order valence-electron chi connectivity index (χ2n) is 7.29. The summed E-state index contributed by atoms with van der Waals surface area (Å²) in [6.07, 6.45) is 4.41. The van der Waals surface area contributed by atoms with Gasteiger partial charge in [-0.25, -0.2) is 0 Å². The summed E-state index contributed by atoms with van der Waals surface area (Å²) in [6.45, 7) is 0.299. The lowest BCUT2D eigenvalue weighted by atomic mass is 9.90. The van der Waals surface area contributed by atoms with Crippen LogP contribution in [0.1, 0.15) is 48.0 Å². The lowest BCUT2D eigenvalue weighted by molar-refractivity contribution is -0.147. The summed E-state index contributed by atoms with van der Waals surface area (Å²) in [5.74, 6) is 0.420. The molecule has 5 nitrogen and oxygen atoms in total. The highest BCUT2D eigenvalue weighted by atomic mass is 16.3. The Morgan fingerprint density at radius 3 is 2.87 bits per heavy atom. The molecule has 2 amide bonds. The molecule has 0 spiro atoms. The predicted octanol–water partition coefficient (Wildman–Crippen LogP) is 1.46. The number of hydrogen-bond donors (Lipinski definition) is 1. The maximum absolute atomic E-state index is 12.8. The van der Waals surface area contributed by atoms with Gasteiger partial charge in [-0.1, -0.05) is 24.6 Å². The quantitative estimate of drug-likeness (QED) is 0.789. The van der Waals surface area contributed by atoms with Crippen molar-refractivity contribution in [3.8, 4) is 0 Å². The number of amides is 2. The molecule has 5 rings (SSSR count). The van der Waals surface area contributed by atoms with Crippen molar-refractivity contribution in [3.05, 3.63) is 35.4 Å². The summed E-state index contributed by atoms with van der Waals surface area (Å²) in [7, 11) is 0. The lowest BCUT2D eigenvalue weighted by Gasteiger charge is -2.40. The van der Waals surface area contributed by atoms with E-state index in [1.807, 2.05) is 23.1 Å². The molecule has 5 heteroatoms. The Morgan fingerprint density at radius 2 is 2.00 bits per heavy atom. The number of aliphatic hydroxyl groups is 1. The average molecular weight is 312 g/mol. The standard InChI is InChI=1S/C18H20N2O3/c21-16-8-9-19-17(22)12-5-1-2-6-13(12)18(19,23)15-10-11-4-3-7-14(11)20(15)16/h1-2,5-6,11,14-15,23H,3-4,7-10H2/t11-,14-,15-,18-/m1/s1. The maximum Gasteiger partial charge on any atom is 0.256 e. The Labute approximate surface area is 134 Å². The van der Waals surface area contributed by atoms with E-state index in [0.717, 1.165) is 25.7 Å². The van der Waals surface area contributed by atoms with Gasteiger partial charge in [0.25, 0.3) is 5.91 Å². The van der Waals surface area contributed by atoms with Gasteiger partial charge in [-0.2, -0.15) is 0 Å². The fraction of sp³-hybridized carbons (Fsp3) is 0.556. The number of carbonyl (C=O) groups excluding carboxylic acids is 2. The van der Waals surface area contributed by atoms with Gasteiger partial charge in [0.1, 0.15) is 0 Å². The van der Waals surface area contributed by atoms with Crippen LogP contribution in [0.2, 0.25) is 0 Å². The molecule has 1 aliphatic carbocycles. The van der Waals surface area contributed by atoms with Crippen molar-refractivity contribution in [3.63, 3.8) is 0 Å². The number of carbonyl (C=O) groups is 2. The molecule has 3 aliphatic heterocycles. The Hall–Kier alpha value is -1.88. The molecule has 0 unspecified atom stereocenters. The molecule has 0 aromatic heterocycles. The van der Waals surface area contributed by atoms with Crippen molar-refractivity contribution in [2.24, 2.45) is 5.92 Å². The summed E-state index contributed by atoms with van der Waals surface area (Å²) in [4.78, 5) is 29.0. The largest absolute Gasteiger partial charge is 0.365 e. The third kappa shape index (κ3) is 1.51. The molecular weight excluding hydrogens is 292 g/mol. The summed E-state index contributed by atoms with van der Waals surface area (Å²) < 4.78 is 0. The minimum Gasteiger partial charge on any atom is -0.365 e. The molecule has 2 saturated heterocycles. The van der Waals surface area contributed by atoms with Crippen LogP contribution in [0, 0.1) is 5.92 Å². The number of fused-ring (bicyclic) bond motifs is 7. The van der Waals surface area contributed by atoms with Crippen molar-refractivity contribution in [2.75, 3.05) is 6.54 Å². The Kier molecular flexibility index (Phi) is 2.56. The molecule has 1 aromatic rings. The molecule has 1 aromatic carbocycles. The van der Waals surface area contributed by atoms with Crippen molar-refractivity contribution in [1.29, 1.82) is 0 Å². The molecule has 120 valence electrons. The van der Waals surface area contributed by atoms with Crippen molar-refractivity contribution in [1.82, 2.24) is 9.80 Å². The van der Waals surface area contributed by atoms with E-state index in [9.17, 15) is 14.7 Å². The smallest absolute Gasteiger partial charge is 0.256 e. The summed E-state index contributed by atoms with van der Waals surface area (Å²) in [5, 5.41) is 11.7. The average Bonchev–Trinajstić information content (AvgIpc) is 3.17. The first-order valence-electron chi connectivity index (χ1n) is 8.57.